The van der Waals surface area contributed by atoms with Gasteiger partial charge in [-0.15, -0.1) is 0 Å². The van der Waals surface area contributed by atoms with E-state index in [-0.39, 0.29) is 6.04 Å². The van der Waals surface area contributed by atoms with Crippen molar-refractivity contribution in [3.63, 3.8) is 0 Å². The van der Waals surface area contributed by atoms with E-state index in [9.17, 15) is 0 Å². The average molecular weight is 436 g/mol. The van der Waals surface area contributed by atoms with Crippen LogP contribution in [0, 0.1) is 6.92 Å². The van der Waals surface area contributed by atoms with Crippen LogP contribution in [0.15, 0.2) is 27.1 Å². The summed E-state index contributed by atoms with van der Waals surface area (Å²) in [6, 6.07) is 6.18. The van der Waals surface area contributed by atoms with Crippen molar-refractivity contribution < 1.29 is 0 Å². The van der Waals surface area contributed by atoms with Crippen molar-refractivity contribution in [3.05, 3.63) is 49.1 Å². The van der Waals surface area contributed by atoms with Gasteiger partial charge in [-0.2, -0.15) is 5.10 Å². The van der Waals surface area contributed by atoms with Gasteiger partial charge in [-0.1, -0.05) is 40.5 Å². The zero-order valence-electron chi connectivity index (χ0n) is 12.3. The molecule has 0 radical (unpaired) electrons. The fraction of sp³-hybridized carbons (Fsp3) is 0.400. The molecular weight excluding hydrogens is 417 g/mol. The Morgan fingerprint density at radius 2 is 2.10 bits per heavy atom. The maximum Gasteiger partial charge on any atom is 0.0738 e. The first-order valence-electron chi connectivity index (χ1n) is 6.80. The molecule has 0 aliphatic heterocycles. The van der Waals surface area contributed by atoms with Crippen molar-refractivity contribution >= 4 is 43.5 Å². The van der Waals surface area contributed by atoms with Crippen LogP contribution < -0.4 is 5.32 Å². The van der Waals surface area contributed by atoms with E-state index in [0.717, 1.165) is 43.9 Å². The van der Waals surface area contributed by atoms with Gasteiger partial charge in [0.25, 0.3) is 0 Å². The Morgan fingerprint density at radius 3 is 2.62 bits per heavy atom. The third-order valence-electron chi connectivity index (χ3n) is 3.45. The first-order chi connectivity index (χ1) is 9.93. The zero-order valence-corrected chi connectivity index (χ0v) is 16.2. The van der Waals surface area contributed by atoms with E-state index in [1.54, 1.807) is 0 Å². The fourth-order valence-electron chi connectivity index (χ4n) is 2.42. The molecule has 6 heteroatoms. The third-order valence-corrected chi connectivity index (χ3v) is 5.30. The number of nitrogens with one attached hydrogen (secondary N) is 1. The number of aromatic nitrogens is 2. The van der Waals surface area contributed by atoms with E-state index in [1.165, 1.54) is 0 Å². The maximum atomic E-state index is 6.41. The minimum Gasteiger partial charge on any atom is -0.310 e. The smallest absolute Gasteiger partial charge is 0.0738 e. The highest BCUT2D eigenvalue weighted by Crippen LogP contribution is 2.31. The normalized spacial score (nSPS) is 12.7. The van der Waals surface area contributed by atoms with Crippen LogP contribution in [0.2, 0.25) is 5.02 Å². The van der Waals surface area contributed by atoms with Crippen molar-refractivity contribution in [2.75, 3.05) is 6.54 Å². The van der Waals surface area contributed by atoms with Crippen LogP contribution >= 0.6 is 43.5 Å². The first-order valence-corrected chi connectivity index (χ1v) is 8.76. The molecule has 0 aliphatic rings. The highest BCUT2D eigenvalue weighted by molar-refractivity contribution is 9.10. The van der Waals surface area contributed by atoms with E-state index >= 15 is 0 Å². The predicted octanol–water partition coefficient (Wildman–Crippen LogP) is 4.80. The largest absolute Gasteiger partial charge is 0.310 e. The summed E-state index contributed by atoms with van der Waals surface area (Å²) in [6.45, 7) is 4.98. The highest BCUT2D eigenvalue weighted by atomic mass is 79.9. The van der Waals surface area contributed by atoms with Gasteiger partial charge in [0.05, 0.1) is 15.9 Å². The number of rotatable bonds is 5. The molecule has 1 heterocycles. The molecule has 1 unspecified atom stereocenters. The second-order valence-corrected chi connectivity index (χ2v) is 7.07. The molecule has 0 fully saturated rings. The minimum atomic E-state index is 0.154. The molecule has 21 heavy (non-hydrogen) atoms. The molecule has 1 N–H and O–H groups in total. The molecule has 3 nitrogen and oxygen atoms in total. The number of hydrogen-bond donors (Lipinski definition) is 1. The zero-order chi connectivity index (χ0) is 15.6. The van der Waals surface area contributed by atoms with Gasteiger partial charge in [0, 0.05) is 29.0 Å². The van der Waals surface area contributed by atoms with Crippen molar-refractivity contribution in [1.29, 1.82) is 0 Å². The Kier molecular flexibility index (Phi) is 5.88. The van der Waals surface area contributed by atoms with Gasteiger partial charge >= 0.3 is 0 Å². The number of hydrogen-bond acceptors (Lipinski definition) is 2. The number of halogens is 3. The monoisotopic (exact) mass is 433 g/mol. The number of aryl methyl sites for hydroxylation is 2. The quantitative estimate of drug-likeness (QED) is 0.731. The Hall–Kier alpha value is -0.360. The van der Waals surface area contributed by atoms with Gasteiger partial charge < -0.3 is 5.32 Å². The summed E-state index contributed by atoms with van der Waals surface area (Å²) >= 11 is 13.5. The van der Waals surface area contributed by atoms with Gasteiger partial charge in [0.2, 0.25) is 0 Å². The summed E-state index contributed by atoms with van der Waals surface area (Å²) in [5.41, 5.74) is 3.27. The summed E-state index contributed by atoms with van der Waals surface area (Å²) in [6.07, 6.45) is 0.827. The lowest BCUT2D eigenvalue weighted by molar-refractivity contribution is 0.528. The van der Waals surface area contributed by atoms with E-state index in [0.29, 0.717) is 0 Å². The molecule has 0 aliphatic carbocycles. The summed E-state index contributed by atoms with van der Waals surface area (Å²) in [4.78, 5) is 0. The average Bonchev–Trinajstić information content (AvgIpc) is 2.65. The number of benzene rings is 1. The molecule has 0 saturated heterocycles. The third kappa shape index (κ3) is 3.89. The second-order valence-electron chi connectivity index (χ2n) is 4.95. The molecule has 1 aromatic carbocycles. The van der Waals surface area contributed by atoms with Gasteiger partial charge in [-0.25, -0.2) is 0 Å². The Morgan fingerprint density at radius 1 is 1.38 bits per heavy atom. The maximum absolute atomic E-state index is 6.41. The topological polar surface area (TPSA) is 29.9 Å². The molecule has 0 amide bonds. The fourth-order valence-corrected chi connectivity index (χ4v) is 3.72. The van der Waals surface area contributed by atoms with Crippen LogP contribution in [-0.2, 0) is 13.5 Å². The molecule has 1 atom stereocenters. The standard InChI is InChI=1S/C15H18Br2ClN3/c1-4-19-13(11-6-5-10(16)7-12(11)18)8-14-15(17)9(2)20-21(14)3/h5-7,13,19H,4,8H2,1-3H3. The molecule has 0 saturated carbocycles. The molecule has 2 aromatic rings. The Bertz CT molecular complexity index is 640. The van der Waals surface area contributed by atoms with Crippen LogP contribution in [0.1, 0.15) is 29.9 Å². The SMILES string of the molecule is CCNC(Cc1c(Br)c(C)nn1C)c1ccc(Br)cc1Cl. The summed E-state index contributed by atoms with van der Waals surface area (Å²) in [5.74, 6) is 0. The lowest BCUT2D eigenvalue weighted by atomic mass is 10.0. The lowest BCUT2D eigenvalue weighted by Gasteiger charge is -2.20. The molecule has 2 rings (SSSR count). The van der Waals surface area contributed by atoms with Gasteiger partial charge in [0.1, 0.15) is 0 Å². The van der Waals surface area contributed by atoms with Crippen molar-refractivity contribution in [3.8, 4) is 0 Å². The van der Waals surface area contributed by atoms with Gasteiger partial charge in [0.15, 0.2) is 0 Å². The van der Waals surface area contributed by atoms with Crippen LogP contribution in [0.4, 0.5) is 0 Å². The van der Waals surface area contributed by atoms with Crippen LogP contribution in [0.5, 0.6) is 0 Å². The van der Waals surface area contributed by atoms with E-state index in [1.807, 2.05) is 30.8 Å². The predicted molar refractivity (Wildman–Crippen MR) is 94.9 cm³/mol. The minimum absolute atomic E-state index is 0.154. The van der Waals surface area contributed by atoms with Crippen molar-refractivity contribution in [2.24, 2.45) is 7.05 Å². The summed E-state index contributed by atoms with van der Waals surface area (Å²) in [5, 5.41) is 8.73. The van der Waals surface area contributed by atoms with E-state index in [2.05, 4.69) is 55.3 Å². The Labute approximate surface area is 147 Å². The van der Waals surface area contributed by atoms with Crippen LogP contribution in [-0.4, -0.2) is 16.3 Å². The molecule has 0 spiro atoms. The number of nitrogens with zero attached hydrogens (tertiary/aromatic N) is 2. The van der Waals surface area contributed by atoms with Crippen molar-refractivity contribution in [2.45, 2.75) is 26.3 Å². The van der Waals surface area contributed by atoms with Crippen LogP contribution in [0.25, 0.3) is 0 Å². The second kappa shape index (κ2) is 7.27. The van der Waals surface area contributed by atoms with Gasteiger partial charge in [-0.3, -0.25) is 4.68 Å². The lowest BCUT2D eigenvalue weighted by Crippen LogP contribution is -2.24. The number of likely N-dealkylation sites (N-methyl/N-ethyl adjacent to an activating group) is 1. The Balaban J connectivity index is 2.35. The molecule has 1 aromatic heterocycles. The van der Waals surface area contributed by atoms with E-state index < -0.39 is 0 Å². The molecular formula is C15H18Br2ClN3. The van der Waals surface area contributed by atoms with Crippen LogP contribution in [0.3, 0.4) is 0 Å². The highest BCUT2D eigenvalue weighted by Gasteiger charge is 2.19. The van der Waals surface area contributed by atoms with E-state index in [4.69, 9.17) is 11.6 Å². The molecule has 114 valence electrons. The van der Waals surface area contributed by atoms with Gasteiger partial charge in [-0.05, 0) is 47.1 Å². The molecule has 0 bridgehead atoms. The van der Waals surface area contributed by atoms with Crippen molar-refractivity contribution in [1.82, 2.24) is 15.1 Å². The first kappa shape index (κ1) is 17.0. The summed E-state index contributed by atoms with van der Waals surface area (Å²) < 4.78 is 3.99. The summed E-state index contributed by atoms with van der Waals surface area (Å²) in [7, 11) is 1.97.